The third-order valence-corrected chi connectivity index (χ3v) is 3.85. The normalized spacial score (nSPS) is 10.6. The maximum Gasteiger partial charge on any atom is 0.339 e. The first kappa shape index (κ1) is 19.1. The highest BCUT2D eigenvalue weighted by Gasteiger charge is 2.19. The molecule has 0 aliphatic heterocycles. The predicted octanol–water partition coefficient (Wildman–Crippen LogP) is 3.36. The second-order valence-corrected chi connectivity index (χ2v) is 5.74. The van der Waals surface area contributed by atoms with Crippen molar-refractivity contribution in [1.82, 2.24) is 0 Å². The summed E-state index contributed by atoms with van der Waals surface area (Å²) in [5, 5.41) is 9.29. The Hall–Kier alpha value is -3.28. The molecule has 0 aliphatic rings. The van der Waals surface area contributed by atoms with Gasteiger partial charge in [-0.2, -0.15) is 0 Å². The van der Waals surface area contributed by atoms with Gasteiger partial charge in [0.2, 0.25) is 0 Å². The molecular weight excluding hydrogens is 334 g/mol. The van der Waals surface area contributed by atoms with Crippen molar-refractivity contribution in [2.45, 2.75) is 0 Å². The quantitative estimate of drug-likeness (QED) is 0.606. The van der Waals surface area contributed by atoms with Crippen LogP contribution in [0.4, 0.5) is 5.69 Å². The van der Waals surface area contributed by atoms with Crippen LogP contribution in [0.5, 0.6) is 11.5 Å². The summed E-state index contributed by atoms with van der Waals surface area (Å²) < 4.78 is 10.3. The Morgan fingerprint density at radius 1 is 0.962 bits per heavy atom. The van der Waals surface area contributed by atoms with E-state index >= 15 is 0 Å². The topological polar surface area (TPSA) is 76.1 Å². The van der Waals surface area contributed by atoms with Crippen LogP contribution in [0.3, 0.4) is 0 Å². The first-order chi connectivity index (χ1) is 12.4. The van der Waals surface area contributed by atoms with Crippen molar-refractivity contribution >= 4 is 23.5 Å². The number of benzene rings is 2. The molecule has 0 bridgehead atoms. The van der Waals surface area contributed by atoms with E-state index in [0.717, 1.165) is 11.3 Å². The van der Waals surface area contributed by atoms with Gasteiger partial charge in [0.05, 0.1) is 19.8 Å². The number of rotatable bonds is 7. The number of ether oxygens (including phenoxy) is 2. The molecule has 0 spiro atoms. The lowest BCUT2D eigenvalue weighted by molar-refractivity contribution is 0.0693. The number of carboxylic acid groups (broad SMARTS) is 1. The molecule has 0 radical (unpaired) electrons. The average molecular weight is 355 g/mol. The lowest BCUT2D eigenvalue weighted by atomic mass is 10.0. The molecule has 1 N–H and O–H groups in total. The van der Waals surface area contributed by atoms with Crippen molar-refractivity contribution in [3.05, 3.63) is 59.2 Å². The van der Waals surface area contributed by atoms with Crippen molar-refractivity contribution in [2.24, 2.45) is 0 Å². The van der Waals surface area contributed by atoms with Crippen molar-refractivity contribution < 1.29 is 24.2 Å². The highest BCUT2D eigenvalue weighted by atomic mass is 16.5. The molecule has 0 aliphatic carbocycles. The minimum Gasteiger partial charge on any atom is -0.496 e. The number of hydrogen-bond donors (Lipinski definition) is 1. The lowest BCUT2D eigenvalue weighted by Gasteiger charge is -2.12. The molecule has 0 aromatic heterocycles. The van der Waals surface area contributed by atoms with Gasteiger partial charge in [0.15, 0.2) is 5.78 Å². The van der Waals surface area contributed by atoms with Gasteiger partial charge >= 0.3 is 5.97 Å². The fraction of sp³-hybridized carbons (Fsp3) is 0.200. The van der Waals surface area contributed by atoms with Crippen molar-refractivity contribution in [3.8, 4) is 11.5 Å². The third-order valence-electron chi connectivity index (χ3n) is 3.85. The van der Waals surface area contributed by atoms with Gasteiger partial charge < -0.3 is 19.5 Å². The Bertz CT molecular complexity index is 838. The Kier molecular flexibility index (Phi) is 6.01. The van der Waals surface area contributed by atoms with E-state index in [2.05, 4.69) is 0 Å². The summed E-state index contributed by atoms with van der Waals surface area (Å²) in [5.74, 6) is -1.15. The fourth-order valence-electron chi connectivity index (χ4n) is 2.40. The van der Waals surface area contributed by atoms with Crippen LogP contribution in [0.2, 0.25) is 0 Å². The first-order valence-electron chi connectivity index (χ1n) is 7.86. The van der Waals surface area contributed by atoms with Gasteiger partial charge in [0.25, 0.3) is 0 Å². The van der Waals surface area contributed by atoms with Gasteiger partial charge in [0, 0.05) is 25.8 Å². The third kappa shape index (κ3) is 4.22. The fourth-order valence-corrected chi connectivity index (χ4v) is 2.40. The van der Waals surface area contributed by atoms with Crippen molar-refractivity contribution in [2.75, 3.05) is 33.2 Å². The lowest BCUT2D eigenvalue weighted by Crippen LogP contribution is -2.08. The maximum absolute atomic E-state index is 12.5. The number of nitrogens with zero attached hydrogens (tertiary/aromatic N) is 1. The number of carboxylic acids is 1. The van der Waals surface area contributed by atoms with Crippen molar-refractivity contribution in [3.63, 3.8) is 0 Å². The minimum atomic E-state index is -1.18. The summed E-state index contributed by atoms with van der Waals surface area (Å²) >= 11 is 0. The number of anilines is 1. The van der Waals surface area contributed by atoms with Crippen LogP contribution in [0.1, 0.15) is 26.3 Å². The van der Waals surface area contributed by atoms with Crippen LogP contribution in [-0.4, -0.2) is 45.2 Å². The summed E-state index contributed by atoms with van der Waals surface area (Å²) in [6.45, 7) is 0. The zero-order valence-electron chi connectivity index (χ0n) is 15.1. The van der Waals surface area contributed by atoms with E-state index in [9.17, 15) is 14.7 Å². The highest BCUT2D eigenvalue weighted by Crippen LogP contribution is 2.30. The first-order valence-corrected chi connectivity index (χ1v) is 7.86. The average Bonchev–Trinajstić information content (AvgIpc) is 2.65. The zero-order chi connectivity index (χ0) is 19.3. The molecule has 2 aromatic carbocycles. The van der Waals surface area contributed by atoms with Gasteiger partial charge in [-0.3, -0.25) is 4.79 Å². The molecule has 0 saturated heterocycles. The largest absolute Gasteiger partial charge is 0.496 e. The Balaban J connectivity index is 2.33. The molecule has 6 heteroatoms. The SMILES string of the molecule is COc1cc(OC)c(C(=O)/C=C/c2ccc(N(C)C)cc2)cc1C(=O)O. The summed E-state index contributed by atoms with van der Waals surface area (Å²) in [4.78, 5) is 25.9. The van der Waals surface area contributed by atoms with Gasteiger partial charge in [-0.25, -0.2) is 4.79 Å². The molecular formula is C20H21NO5. The monoisotopic (exact) mass is 355 g/mol. The molecule has 6 nitrogen and oxygen atoms in total. The molecule has 0 fully saturated rings. The summed E-state index contributed by atoms with van der Waals surface area (Å²) in [6.07, 6.45) is 3.06. The Morgan fingerprint density at radius 3 is 2.04 bits per heavy atom. The van der Waals surface area contributed by atoms with Gasteiger partial charge in [-0.05, 0) is 29.8 Å². The van der Waals surface area contributed by atoms with Crippen LogP contribution in [0.25, 0.3) is 6.08 Å². The smallest absolute Gasteiger partial charge is 0.339 e. The number of methoxy groups -OCH3 is 2. The number of carbonyl (C=O) groups excluding carboxylic acids is 1. The van der Waals surface area contributed by atoms with E-state index in [1.807, 2.05) is 43.3 Å². The van der Waals surface area contributed by atoms with E-state index in [4.69, 9.17) is 9.47 Å². The van der Waals surface area contributed by atoms with Gasteiger partial charge in [-0.1, -0.05) is 18.2 Å². The molecule has 0 unspecified atom stereocenters. The van der Waals surface area contributed by atoms with Crippen LogP contribution in [0, 0.1) is 0 Å². The van der Waals surface area contributed by atoms with E-state index in [1.165, 1.54) is 32.4 Å². The van der Waals surface area contributed by atoms with Crippen LogP contribution >= 0.6 is 0 Å². The Morgan fingerprint density at radius 2 is 1.54 bits per heavy atom. The van der Waals surface area contributed by atoms with Gasteiger partial charge in [0.1, 0.15) is 17.1 Å². The summed E-state index contributed by atoms with van der Waals surface area (Å²) in [6, 6.07) is 10.3. The number of hydrogen-bond acceptors (Lipinski definition) is 5. The number of allylic oxidation sites excluding steroid dienone is 1. The highest BCUT2D eigenvalue weighted by molar-refractivity contribution is 6.10. The van der Waals surface area contributed by atoms with E-state index in [0.29, 0.717) is 0 Å². The van der Waals surface area contributed by atoms with Gasteiger partial charge in [-0.15, -0.1) is 0 Å². The van der Waals surface area contributed by atoms with Crippen molar-refractivity contribution in [1.29, 1.82) is 0 Å². The molecule has 136 valence electrons. The molecule has 0 amide bonds. The number of aromatic carboxylic acids is 1. The second kappa shape index (κ2) is 8.20. The van der Waals surface area contributed by atoms with Crippen LogP contribution < -0.4 is 14.4 Å². The zero-order valence-corrected chi connectivity index (χ0v) is 15.1. The number of carbonyl (C=O) groups is 2. The van der Waals surface area contributed by atoms with E-state index in [1.54, 1.807) is 6.08 Å². The Labute approximate surface area is 152 Å². The predicted molar refractivity (Wildman–Crippen MR) is 101 cm³/mol. The van der Waals surface area contributed by atoms with E-state index < -0.39 is 5.97 Å². The second-order valence-electron chi connectivity index (χ2n) is 5.74. The standard InChI is InChI=1S/C20H21NO5/c1-21(2)14-8-5-13(6-9-14)7-10-17(22)15-11-16(20(23)24)19(26-4)12-18(15)25-3/h5-12H,1-4H3,(H,23,24)/b10-7+. The van der Waals surface area contributed by atoms with Crippen LogP contribution in [0.15, 0.2) is 42.5 Å². The maximum atomic E-state index is 12.5. The molecule has 0 atom stereocenters. The molecule has 2 rings (SSSR count). The minimum absolute atomic E-state index is 0.0969. The number of ketones is 1. The molecule has 26 heavy (non-hydrogen) atoms. The van der Waals surface area contributed by atoms with Crippen LogP contribution in [-0.2, 0) is 0 Å². The molecule has 0 heterocycles. The summed E-state index contributed by atoms with van der Waals surface area (Å²) in [5.41, 5.74) is 1.97. The van der Waals surface area contributed by atoms with E-state index in [-0.39, 0.29) is 28.4 Å². The molecule has 2 aromatic rings. The molecule has 0 saturated carbocycles. The summed E-state index contributed by atoms with van der Waals surface area (Å²) in [7, 11) is 6.67.